The summed E-state index contributed by atoms with van der Waals surface area (Å²) < 4.78 is 49.1. The Labute approximate surface area is 117 Å². The van der Waals surface area contributed by atoms with Crippen LogP contribution in [0.1, 0.15) is 30.0 Å². The van der Waals surface area contributed by atoms with E-state index < -0.39 is 42.8 Å². The number of aliphatic carboxylic acids is 1. The minimum Gasteiger partial charge on any atom is -0.479 e. The van der Waals surface area contributed by atoms with Gasteiger partial charge in [-0.15, -0.1) is 0 Å². The lowest BCUT2D eigenvalue weighted by Crippen LogP contribution is -2.34. The van der Waals surface area contributed by atoms with Gasteiger partial charge in [0.15, 0.2) is 6.04 Å². The van der Waals surface area contributed by atoms with Crippen molar-refractivity contribution in [2.24, 2.45) is 0 Å². The lowest BCUT2D eigenvalue weighted by molar-refractivity contribution is -0.147. The summed E-state index contributed by atoms with van der Waals surface area (Å²) in [7, 11) is 0. The Morgan fingerprint density at radius 2 is 1.95 bits per heavy atom. The summed E-state index contributed by atoms with van der Waals surface area (Å²) in [6, 6.07) is 1.89. The normalized spacial score (nSPS) is 12.8. The molecule has 0 fully saturated rings. The second kappa shape index (κ2) is 6.55. The van der Waals surface area contributed by atoms with E-state index in [-0.39, 0.29) is 11.1 Å². The number of carbonyl (C=O) groups excluding carboxylic acids is 1. The Balaban J connectivity index is 2.81. The summed E-state index contributed by atoms with van der Waals surface area (Å²) >= 11 is 0. The van der Waals surface area contributed by atoms with Crippen LogP contribution in [0.2, 0.25) is 0 Å². The average Bonchev–Trinajstić information content (AvgIpc) is 2.36. The highest BCUT2D eigenvalue weighted by atomic mass is 19.4. The first kappa shape index (κ1) is 16.9. The van der Waals surface area contributed by atoms with Crippen LogP contribution < -0.4 is 5.32 Å². The molecule has 1 rings (SSSR count). The fraction of sp³-hybridized carbons (Fsp3) is 0.385. The molecule has 21 heavy (non-hydrogen) atoms. The highest BCUT2D eigenvalue weighted by Gasteiger charge is 2.29. The Hall–Kier alpha value is -2.12. The SMILES string of the molecule is Cc1cc(C(NC(=O)CCC(F)(F)F)C(=O)O)ccc1F. The third-order valence-corrected chi connectivity index (χ3v) is 2.70. The van der Waals surface area contributed by atoms with Gasteiger partial charge in [-0.3, -0.25) is 4.79 Å². The topological polar surface area (TPSA) is 66.4 Å². The first-order valence-electron chi connectivity index (χ1n) is 5.95. The number of hydrogen-bond acceptors (Lipinski definition) is 2. The summed E-state index contributed by atoms with van der Waals surface area (Å²) in [5.74, 6) is -3.03. The molecule has 1 unspecified atom stereocenters. The summed E-state index contributed by atoms with van der Waals surface area (Å²) in [5.41, 5.74) is 0.255. The monoisotopic (exact) mass is 307 g/mol. The number of carbonyl (C=O) groups is 2. The van der Waals surface area contributed by atoms with Gasteiger partial charge in [-0.05, 0) is 24.1 Å². The molecule has 0 aliphatic carbocycles. The van der Waals surface area contributed by atoms with Crippen LogP contribution in [-0.4, -0.2) is 23.2 Å². The number of alkyl halides is 3. The lowest BCUT2D eigenvalue weighted by atomic mass is 10.0. The highest BCUT2D eigenvalue weighted by Crippen LogP contribution is 2.22. The molecule has 0 saturated heterocycles. The van der Waals surface area contributed by atoms with E-state index in [9.17, 15) is 27.2 Å². The molecule has 1 aromatic rings. The summed E-state index contributed by atoms with van der Waals surface area (Å²) in [5, 5.41) is 11.0. The van der Waals surface area contributed by atoms with E-state index >= 15 is 0 Å². The molecule has 2 N–H and O–H groups in total. The van der Waals surface area contributed by atoms with Gasteiger partial charge in [0.2, 0.25) is 5.91 Å². The molecule has 0 heterocycles. The van der Waals surface area contributed by atoms with Crippen molar-refractivity contribution < 1.29 is 32.3 Å². The summed E-state index contributed by atoms with van der Waals surface area (Å²) in [6.07, 6.45) is -6.70. The van der Waals surface area contributed by atoms with Gasteiger partial charge in [0, 0.05) is 6.42 Å². The molecule has 1 atom stereocenters. The molecule has 0 aromatic heterocycles. The largest absolute Gasteiger partial charge is 0.479 e. The van der Waals surface area contributed by atoms with E-state index in [1.807, 2.05) is 5.32 Å². The van der Waals surface area contributed by atoms with Crippen LogP contribution in [0.15, 0.2) is 18.2 Å². The van der Waals surface area contributed by atoms with Crippen molar-refractivity contribution >= 4 is 11.9 Å². The summed E-state index contributed by atoms with van der Waals surface area (Å²) in [6.45, 7) is 1.41. The molecule has 0 saturated carbocycles. The predicted molar refractivity (Wildman–Crippen MR) is 64.9 cm³/mol. The molecule has 116 valence electrons. The number of nitrogens with one attached hydrogen (secondary N) is 1. The summed E-state index contributed by atoms with van der Waals surface area (Å²) in [4.78, 5) is 22.5. The van der Waals surface area contributed by atoms with Gasteiger partial charge >= 0.3 is 12.1 Å². The standard InChI is InChI=1S/C13H13F4NO3/c1-7-6-8(2-3-9(7)14)11(12(20)21)18-10(19)4-5-13(15,16)17/h2-3,6,11H,4-5H2,1H3,(H,18,19)(H,20,21). The van der Waals surface area contributed by atoms with E-state index in [2.05, 4.69) is 0 Å². The number of rotatable bonds is 5. The quantitative estimate of drug-likeness (QED) is 0.822. The number of carboxylic acids is 1. The van der Waals surface area contributed by atoms with Crippen LogP contribution >= 0.6 is 0 Å². The van der Waals surface area contributed by atoms with Gasteiger partial charge in [-0.25, -0.2) is 9.18 Å². The Kier molecular flexibility index (Phi) is 5.28. The molecule has 0 radical (unpaired) electrons. The van der Waals surface area contributed by atoms with Gasteiger partial charge < -0.3 is 10.4 Å². The van der Waals surface area contributed by atoms with Crippen LogP contribution in [0.4, 0.5) is 17.6 Å². The van der Waals surface area contributed by atoms with E-state index in [0.717, 1.165) is 12.1 Å². The molecule has 4 nitrogen and oxygen atoms in total. The third-order valence-electron chi connectivity index (χ3n) is 2.70. The van der Waals surface area contributed by atoms with Crippen LogP contribution in [0.25, 0.3) is 0 Å². The van der Waals surface area contributed by atoms with Gasteiger partial charge in [-0.1, -0.05) is 12.1 Å². The van der Waals surface area contributed by atoms with E-state index in [1.54, 1.807) is 0 Å². The first-order chi connectivity index (χ1) is 9.60. The zero-order valence-electron chi connectivity index (χ0n) is 11.0. The van der Waals surface area contributed by atoms with Gasteiger partial charge in [-0.2, -0.15) is 13.2 Å². The van der Waals surface area contributed by atoms with Crippen LogP contribution in [-0.2, 0) is 9.59 Å². The second-order valence-electron chi connectivity index (χ2n) is 4.46. The Morgan fingerprint density at radius 1 is 1.33 bits per heavy atom. The number of carboxylic acid groups (broad SMARTS) is 1. The number of hydrogen-bond donors (Lipinski definition) is 2. The molecule has 8 heteroatoms. The predicted octanol–water partition coefficient (Wildman–Crippen LogP) is 2.72. The van der Waals surface area contributed by atoms with Gasteiger partial charge in [0.25, 0.3) is 0 Å². The van der Waals surface area contributed by atoms with Crippen molar-refractivity contribution in [3.8, 4) is 0 Å². The third kappa shape index (κ3) is 5.41. The first-order valence-corrected chi connectivity index (χ1v) is 5.95. The van der Waals surface area contributed by atoms with Crippen molar-refractivity contribution in [1.82, 2.24) is 5.32 Å². The zero-order chi connectivity index (χ0) is 16.2. The maximum absolute atomic E-state index is 13.1. The molecular weight excluding hydrogens is 294 g/mol. The molecule has 1 amide bonds. The van der Waals surface area contributed by atoms with Crippen molar-refractivity contribution in [1.29, 1.82) is 0 Å². The second-order valence-corrected chi connectivity index (χ2v) is 4.46. The Bertz CT molecular complexity index is 543. The number of aryl methyl sites for hydroxylation is 1. The van der Waals surface area contributed by atoms with E-state index in [0.29, 0.717) is 0 Å². The zero-order valence-corrected chi connectivity index (χ0v) is 11.0. The minimum absolute atomic E-state index is 0.0850. The number of halogens is 4. The smallest absolute Gasteiger partial charge is 0.389 e. The van der Waals surface area contributed by atoms with Crippen molar-refractivity contribution in [3.05, 3.63) is 35.1 Å². The van der Waals surface area contributed by atoms with E-state index in [1.165, 1.54) is 13.0 Å². The van der Waals surface area contributed by atoms with Crippen molar-refractivity contribution in [2.75, 3.05) is 0 Å². The molecule has 0 bridgehead atoms. The number of amides is 1. The molecule has 0 aliphatic heterocycles. The fourth-order valence-corrected chi connectivity index (χ4v) is 1.62. The Morgan fingerprint density at radius 3 is 2.43 bits per heavy atom. The lowest BCUT2D eigenvalue weighted by Gasteiger charge is -2.16. The van der Waals surface area contributed by atoms with Crippen LogP contribution in [0.3, 0.4) is 0 Å². The van der Waals surface area contributed by atoms with Crippen LogP contribution in [0.5, 0.6) is 0 Å². The molecule has 0 spiro atoms. The average molecular weight is 307 g/mol. The van der Waals surface area contributed by atoms with Gasteiger partial charge in [0.05, 0.1) is 6.42 Å². The minimum atomic E-state index is -4.50. The number of benzene rings is 1. The maximum atomic E-state index is 13.1. The fourth-order valence-electron chi connectivity index (χ4n) is 1.62. The van der Waals surface area contributed by atoms with Crippen LogP contribution in [0, 0.1) is 12.7 Å². The van der Waals surface area contributed by atoms with E-state index in [4.69, 9.17) is 5.11 Å². The molecular formula is C13H13F4NO3. The van der Waals surface area contributed by atoms with Gasteiger partial charge in [0.1, 0.15) is 5.82 Å². The van der Waals surface area contributed by atoms with Crippen molar-refractivity contribution in [2.45, 2.75) is 32.0 Å². The molecule has 0 aliphatic rings. The van der Waals surface area contributed by atoms with Crippen molar-refractivity contribution in [3.63, 3.8) is 0 Å². The highest BCUT2D eigenvalue weighted by molar-refractivity contribution is 5.84. The molecule has 1 aromatic carbocycles. The maximum Gasteiger partial charge on any atom is 0.389 e.